The number of amides is 6. The summed E-state index contributed by atoms with van der Waals surface area (Å²) in [7, 11) is -1.66. The molecule has 27 heteroatoms. The number of hydrogen-bond acceptors (Lipinski definition) is 17. The average molecular weight is 1170 g/mol. The van der Waals surface area contributed by atoms with Gasteiger partial charge in [0.25, 0.3) is 5.91 Å². The summed E-state index contributed by atoms with van der Waals surface area (Å²) in [6.07, 6.45) is 2.65. The molecule has 2 aliphatic rings. The van der Waals surface area contributed by atoms with Crippen molar-refractivity contribution in [2.75, 3.05) is 98.2 Å². The van der Waals surface area contributed by atoms with Crippen LogP contribution in [0.1, 0.15) is 67.8 Å². The number of carboxylic acids is 2. The molecule has 0 unspecified atom stereocenters. The van der Waals surface area contributed by atoms with Crippen molar-refractivity contribution < 1.29 is 58.6 Å². The second-order valence-corrected chi connectivity index (χ2v) is 17.0. The summed E-state index contributed by atoms with van der Waals surface area (Å²) in [6, 6.07) is 4.61. The molecule has 1 aromatic rings. The molecule has 2 saturated heterocycles. The second kappa shape index (κ2) is 32.0. The maximum Gasteiger partial charge on any atom is 2.00 e. The minimum Gasteiger partial charge on any atom is -0.549 e. The van der Waals surface area contributed by atoms with Crippen molar-refractivity contribution in [3.63, 3.8) is 0 Å². The van der Waals surface area contributed by atoms with Gasteiger partial charge in [0.2, 0.25) is 29.5 Å². The number of guanidine groups is 1. The van der Waals surface area contributed by atoms with E-state index in [1.807, 2.05) is 0 Å². The molecule has 25 nitrogen and oxygen atoms in total. The molecule has 2 aliphatic heterocycles. The molecular weight excluding hydrogens is 1100 g/mol. The third-order valence-corrected chi connectivity index (χ3v) is 11.5. The molecule has 380 valence electrons. The number of carbonyl (C=O) groups is 8. The van der Waals surface area contributed by atoms with Crippen LogP contribution in [0.2, 0.25) is 0 Å². The molecule has 2 fully saturated rings. The Labute approximate surface area is 422 Å². The van der Waals surface area contributed by atoms with Crippen molar-refractivity contribution in [3.05, 3.63) is 35.4 Å². The monoisotopic (exact) mass is 1170 g/mol. The van der Waals surface area contributed by atoms with Crippen LogP contribution in [0.4, 0.5) is 0 Å². The van der Waals surface area contributed by atoms with Gasteiger partial charge in [-0.2, -0.15) is 0 Å². The van der Waals surface area contributed by atoms with Gasteiger partial charge < -0.3 is 73.2 Å². The van der Waals surface area contributed by atoms with Crippen LogP contribution < -0.4 is 48.7 Å². The van der Waals surface area contributed by atoms with E-state index >= 15 is 0 Å². The van der Waals surface area contributed by atoms with Crippen molar-refractivity contribution in [2.24, 2.45) is 22.2 Å². The van der Waals surface area contributed by atoms with E-state index < -0.39 is 79.7 Å². The van der Waals surface area contributed by atoms with Crippen molar-refractivity contribution in [2.45, 2.75) is 76.4 Å². The van der Waals surface area contributed by atoms with E-state index in [1.165, 1.54) is 11.8 Å². The quantitative estimate of drug-likeness (QED) is 0.0190. The van der Waals surface area contributed by atoms with Crippen molar-refractivity contribution in [1.82, 2.24) is 45.8 Å². The standard InChI is InChI=1S/C42H70BN13O12.Pb/c1-29(41(66)56-15-5-7-33(56)43(67)68)50-39(64)31-11-9-30(10-12-31)24-49-35(58)8-2-3-13-47-40(65)32(6-4-14-48-42(45)46)51-36(59)26-53-18-22-54(27-37(60)61)20-16-52(25-34(44)57)17-21-55(23-19-53)28-38(62)63;/h9-12,29,32-33,67-68H,2-8,13-28H2,1H3,(H2,44,57)(H,47,65)(H,49,58)(H,50,64)(H,51,59)(H,60,61)(H,62,63)(H4,45,46,48);/q;+2/p-2/t29-,32+,33+;/m1./s1. The predicted octanol–water partition coefficient (Wildman–Crippen LogP) is -7.93. The van der Waals surface area contributed by atoms with Crippen LogP contribution in [0.5, 0.6) is 0 Å². The summed E-state index contributed by atoms with van der Waals surface area (Å²) < 4.78 is 0. The fourth-order valence-corrected chi connectivity index (χ4v) is 7.79. The van der Waals surface area contributed by atoms with E-state index in [1.54, 1.807) is 43.9 Å². The topological polar surface area (TPSA) is 378 Å². The number of benzene rings is 1. The summed E-state index contributed by atoms with van der Waals surface area (Å²) in [4.78, 5) is 112. The number of carboxylic acid groups (broad SMARTS) is 2. The number of carbonyl (C=O) groups excluding carboxylic acids is 8. The zero-order valence-corrected chi connectivity index (χ0v) is 43.2. The predicted molar refractivity (Wildman–Crippen MR) is 250 cm³/mol. The summed E-state index contributed by atoms with van der Waals surface area (Å²) >= 11 is 0. The molecule has 0 bridgehead atoms. The molecule has 0 aliphatic carbocycles. The van der Waals surface area contributed by atoms with E-state index in [2.05, 4.69) is 26.3 Å². The molecular formula is C42H68BN13O12Pb. The van der Waals surface area contributed by atoms with Gasteiger partial charge in [0, 0.05) is 104 Å². The first-order valence-corrected chi connectivity index (χ1v) is 22.8. The summed E-state index contributed by atoms with van der Waals surface area (Å²) in [6.45, 7) is 3.08. The van der Waals surface area contributed by atoms with Crippen LogP contribution in [0.15, 0.2) is 29.3 Å². The van der Waals surface area contributed by atoms with Crippen molar-refractivity contribution in [3.8, 4) is 0 Å². The van der Waals surface area contributed by atoms with Gasteiger partial charge in [-0.3, -0.25) is 53.4 Å². The van der Waals surface area contributed by atoms with E-state index in [0.717, 1.165) is 5.56 Å². The SMILES string of the molecule is C[C@@H](NC(=O)c1ccc(CNC(=O)CCCCNC(=O)[C@H](CCCN=C(N)N)NC(=O)CN2CCN(CC(=O)[O-])CCN(CC(N)=O)CCN(CC(=O)[O-])CC2)cc1)C(=O)N1CCC[C@H]1B(O)O.[Pb+2]. The fraction of sp³-hybridized carbons (Fsp3) is 0.643. The molecule has 12 N–H and O–H groups in total. The molecule has 0 spiro atoms. The molecule has 69 heavy (non-hydrogen) atoms. The van der Waals surface area contributed by atoms with Gasteiger partial charge in [-0.15, -0.1) is 0 Å². The van der Waals surface area contributed by atoms with Gasteiger partial charge in [0.1, 0.15) is 12.1 Å². The number of nitrogens with two attached hydrogens (primary N) is 3. The van der Waals surface area contributed by atoms with Crippen LogP contribution >= 0.6 is 0 Å². The number of nitrogens with one attached hydrogen (secondary N) is 4. The summed E-state index contributed by atoms with van der Waals surface area (Å²) in [5, 5.41) is 53.3. The Morgan fingerprint density at radius 1 is 0.739 bits per heavy atom. The Hall–Kier alpha value is -5.00. The van der Waals surface area contributed by atoms with E-state index in [-0.39, 0.29) is 137 Å². The molecule has 3 rings (SSSR count). The molecule has 1 aromatic carbocycles. The van der Waals surface area contributed by atoms with Gasteiger partial charge in [-0.05, 0) is 63.1 Å². The van der Waals surface area contributed by atoms with E-state index in [0.29, 0.717) is 44.2 Å². The number of hydrogen-bond donors (Lipinski definition) is 9. The van der Waals surface area contributed by atoms with Gasteiger partial charge in [-0.1, -0.05) is 12.1 Å². The average Bonchev–Trinajstić information content (AvgIpc) is 3.77. The smallest absolute Gasteiger partial charge is 0.549 e. The van der Waals surface area contributed by atoms with E-state index in [4.69, 9.17) is 17.2 Å². The first-order chi connectivity index (χ1) is 32.3. The molecule has 6 amide bonds. The van der Waals surface area contributed by atoms with Crippen LogP contribution in [0.25, 0.3) is 0 Å². The molecule has 0 aromatic heterocycles. The van der Waals surface area contributed by atoms with Gasteiger partial charge >= 0.3 is 34.4 Å². The minimum absolute atomic E-state index is 0. The molecule has 2 radical (unpaired) electrons. The van der Waals surface area contributed by atoms with Gasteiger partial charge in [0.05, 0.1) is 31.0 Å². The third kappa shape index (κ3) is 23.9. The first kappa shape index (κ1) is 60.1. The Morgan fingerprint density at radius 3 is 1.81 bits per heavy atom. The van der Waals surface area contributed by atoms with E-state index in [9.17, 15) is 58.6 Å². The third-order valence-electron chi connectivity index (χ3n) is 11.5. The summed E-state index contributed by atoms with van der Waals surface area (Å²) in [5.74, 6) is -6.18. The number of unbranched alkanes of at least 4 members (excludes halogenated alkanes) is 1. The largest absolute Gasteiger partial charge is 2.00 e. The maximum atomic E-state index is 13.5. The molecule has 3 atom stereocenters. The number of likely N-dealkylation sites (tertiary alicyclic amines) is 1. The van der Waals surface area contributed by atoms with Crippen LogP contribution in [0.3, 0.4) is 0 Å². The zero-order valence-electron chi connectivity index (χ0n) is 39.3. The second-order valence-electron chi connectivity index (χ2n) is 17.0. The number of aliphatic imine (C=N–C) groups is 1. The normalized spacial score (nSPS) is 17.4. The first-order valence-electron chi connectivity index (χ1n) is 22.8. The van der Waals surface area contributed by atoms with Gasteiger partial charge in [0.15, 0.2) is 5.96 Å². The number of nitrogens with zero attached hydrogens (tertiary/aromatic N) is 6. The maximum absolute atomic E-state index is 13.5. The van der Waals surface area contributed by atoms with Crippen LogP contribution in [0, 0.1) is 0 Å². The van der Waals surface area contributed by atoms with Gasteiger partial charge in [-0.25, -0.2) is 0 Å². The number of rotatable bonds is 25. The Kier molecular flexibility index (Phi) is 27.9. The minimum atomic E-state index is -1.66. The molecule has 0 saturated carbocycles. The molecule has 2 heterocycles. The number of primary amides is 1. The fourth-order valence-electron chi connectivity index (χ4n) is 7.79. The Morgan fingerprint density at radius 2 is 1.29 bits per heavy atom. The summed E-state index contributed by atoms with van der Waals surface area (Å²) in [5.41, 5.74) is 17.3. The van der Waals surface area contributed by atoms with Crippen LogP contribution in [-0.2, 0) is 40.1 Å². The van der Waals surface area contributed by atoms with Crippen LogP contribution in [-0.4, -0.2) is 239 Å². The Balaban J connectivity index is 0.0000163. The number of aliphatic carboxylic acids is 2. The van der Waals surface area contributed by atoms with Crippen molar-refractivity contribution >= 4 is 87.8 Å². The Bertz CT molecular complexity index is 1850. The zero-order chi connectivity index (χ0) is 50.2. The van der Waals surface area contributed by atoms with Crippen molar-refractivity contribution in [1.29, 1.82) is 0 Å².